The van der Waals surface area contributed by atoms with Gasteiger partial charge in [0.05, 0.1) is 47.5 Å². The summed E-state index contributed by atoms with van der Waals surface area (Å²) < 4.78 is 5.92. The molecule has 0 unspecified atom stereocenters. The number of para-hydroxylation sites is 1. The maximum Gasteiger partial charge on any atom is 0.238 e. The molecule has 1 fully saturated rings. The molecule has 0 bridgehead atoms. The van der Waals surface area contributed by atoms with Crippen LogP contribution in [-0.4, -0.2) is 58.7 Å². The van der Waals surface area contributed by atoms with Gasteiger partial charge in [0.1, 0.15) is 0 Å². The van der Waals surface area contributed by atoms with E-state index in [0.717, 1.165) is 17.6 Å². The van der Waals surface area contributed by atoms with Crippen LogP contribution >= 0.6 is 22.6 Å². The fourth-order valence-electron chi connectivity index (χ4n) is 5.83. The molecule has 2 aromatic rings. The normalized spacial score (nSPS) is 22.4. The molecule has 0 saturated carbocycles. The van der Waals surface area contributed by atoms with Crippen molar-refractivity contribution in [2.75, 3.05) is 25.2 Å². The number of hydrogen-bond acceptors (Lipinski definition) is 7. The molecule has 4 N–H and O–H groups in total. The highest BCUT2D eigenvalue weighted by Crippen LogP contribution is 2.47. The van der Waals surface area contributed by atoms with Crippen LogP contribution in [-0.2, 0) is 9.59 Å². The van der Waals surface area contributed by atoms with Crippen molar-refractivity contribution in [1.82, 2.24) is 0 Å². The second-order valence-electron chi connectivity index (χ2n) is 9.95. The fourth-order valence-corrected chi connectivity index (χ4v) is 6.46. The first-order chi connectivity index (χ1) is 18.7. The maximum atomic E-state index is 13.5. The van der Waals surface area contributed by atoms with Crippen molar-refractivity contribution in [1.29, 1.82) is 0 Å². The number of hydrogen-bond donors (Lipinski definition) is 4. The Balaban J connectivity index is 1.57. The Morgan fingerprint density at radius 3 is 2.51 bits per heavy atom. The van der Waals surface area contributed by atoms with Crippen molar-refractivity contribution in [2.24, 2.45) is 17.8 Å². The largest absolute Gasteiger partial charge is 0.504 e. The van der Waals surface area contributed by atoms with Gasteiger partial charge in [-0.1, -0.05) is 36.8 Å². The minimum absolute atomic E-state index is 0.0867. The van der Waals surface area contributed by atoms with Gasteiger partial charge in [-0.05, 0) is 89.2 Å². The van der Waals surface area contributed by atoms with Gasteiger partial charge < -0.3 is 25.2 Å². The van der Waals surface area contributed by atoms with Crippen LogP contribution in [0.15, 0.2) is 59.2 Å². The second-order valence-corrected chi connectivity index (χ2v) is 11.1. The number of imide groups is 1. The van der Waals surface area contributed by atoms with Crippen LogP contribution in [0.3, 0.4) is 0 Å². The highest BCUT2D eigenvalue weighted by Gasteiger charge is 2.55. The third-order valence-electron chi connectivity index (χ3n) is 7.78. The molecule has 1 saturated heterocycles. The van der Waals surface area contributed by atoms with Gasteiger partial charge in [-0.2, -0.15) is 0 Å². The molecule has 39 heavy (non-hydrogen) atoms. The summed E-state index contributed by atoms with van der Waals surface area (Å²) >= 11 is 2.04. The van der Waals surface area contributed by atoms with E-state index in [1.165, 1.54) is 12.0 Å². The zero-order chi connectivity index (χ0) is 28.3. The van der Waals surface area contributed by atoms with Gasteiger partial charge in [0.25, 0.3) is 0 Å². The third-order valence-corrected chi connectivity index (χ3v) is 8.60. The number of benzene rings is 2. The van der Waals surface area contributed by atoms with Gasteiger partial charge in [0.15, 0.2) is 11.5 Å². The number of amides is 2. The molecule has 2 aliphatic rings. The number of ether oxygens (including phenoxy) is 1. The highest BCUT2D eigenvalue weighted by molar-refractivity contribution is 14.1. The van der Waals surface area contributed by atoms with Gasteiger partial charge in [-0.25, -0.2) is 0 Å². The van der Waals surface area contributed by atoms with Gasteiger partial charge in [-0.3, -0.25) is 14.5 Å². The Bertz CT molecular complexity index is 1290. The first kappa shape index (κ1) is 29.3. The number of phenols is 1. The standard InChI is InChI=1S/C30H34INO7/c1-3-17(11-18-12-23(31)28(36)25(13-18)39-2)9-10-24(35)26-19(15-33)14-21-27(22(26)16-34)30(38)32(29(21)37)20-7-5-4-6-8-20/h4-8,11-13,21-22,24,27,33-36H,3,9-10,14-16H2,1-2H3/b17-11+/t21-,22+,24-,27-/m1/s1. The predicted molar refractivity (Wildman–Crippen MR) is 156 cm³/mol. The first-order valence-corrected chi connectivity index (χ1v) is 14.1. The molecule has 0 spiro atoms. The number of phenolic OH excluding ortho intramolecular Hbond substituents is 1. The molecule has 1 aliphatic carbocycles. The minimum Gasteiger partial charge on any atom is -0.504 e. The second kappa shape index (κ2) is 12.6. The lowest BCUT2D eigenvalue weighted by Gasteiger charge is -2.36. The molecule has 4 rings (SSSR count). The number of rotatable bonds is 10. The molecular formula is C30H34INO7. The molecule has 0 aromatic heterocycles. The van der Waals surface area contributed by atoms with E-state index in [1.54, 1.807) is 36.4 Å². The number of halogens is 1. The van der Waals surface area contributed by atoms with E-state index < -0.39 is 30.5 Å². The number of carbonyl (C=O) groups is 2. The van der Waals surface area contributed by atoms with Gasteiger partial charge in [0.2, 0.25) is 11.8 Å². The van der Waals surface area contributed by atoms with E-state index >= 15 is 0 Å². The van der Waals surface area contributed by atoms with E-state index in [1.807, 2.05) is 41.7 Å². The number of anilines is 1. The topological polar surface area (TPSA) is 128 Å². The van der Waals surface area contributed by atoms with E-state index in [2.05, 4.69) is 0 Å². The van der Waals surface area contributed by atoms with Crippen LogP contribution < -0.4 is 9.64 Å². The van der Waals surface area contributed by atoms with E-state index in [4.69, 9.17) is 4.74 Å². The first-order valence-electron chi connectivity index (χ1n) is 13.1. The van der Waals surface area contributed by atoms with Crippen LogP contribution in [0.25, 0.3) is 6.08 Å². The summed E-state index contributed by atoms with van der Waals surface area (Å²) in [4.78, 5) is 28.0. The molecule has 8 nitrogen and oxygen atoms in total. The number of aliphatic hydroxyl groups is 3. The number of nitrogens with zero attached hydrogens (tertiary/aromatic N) is 1. The molecule has 208 valence electrons. The van der Waals surface area contributed by atoms with Gasteiger partial charge in [-0.15, -0.1) is 0 Å². The van der Waals surface area contributed by atoms with Crippen LogP contribution in [0.4, 0.5) is 5.69 Å². The Morgan fingerprint density at radius 1 is 1.18 bits per heavy atom. The Labute approximate surface area is 241 Å². The Morgan fingerprint density at radius 2 is 1.90 bits per heavy atom. The lowest BCUT2D eigenvalue weighted by molar-refractivity contribution is -0.123. The molecule has 1 heterocycles. The van der Waals surface area contributed by atoms with E-state index in [9.17, 15) is 30.0 Å². The summed E-state index contributed by atoms with van der Waals surface area (Å²) in [5.41, 5.74) is 3.37. The molecule has 4 atom stereocenters. The lowest BCUT2D eigenvalue weighted by Crippen LogP contribution is -2.39. The average Bonchev–Trinajstić information content (AvgIpc) is 3.20. The SMILES string of the molecule is CC/C(=C\c1cc(I)c(O)c(OC)c1)CC[C@@H](O)C1=C(CO)C[C@H]2C(=O)N(c3ccccc3)C(=O)[C@H]2[C@H]1CO. The summed E-state index contributed by atoms with van der Waals surface area (Å²) in [5, 5.41) is 42.0. The van der Waals surface area contributed by atoms with Crippen molar-refractivity contribution in [3.63, 3.8) is 0 Å². The number of fused-ring (bicyclic) bond motifs is 1. The monoisotopic (exact) mass is 647 g/mol. The van der Waals surface area contributed by atoms with Crippen molar-refractivity contribution in [3.05, 3.63) is 68.3 Å². The van der Waals surface area contributed by atoms with Crippen LogP contribution in [0.5, 0.6) is 11.5 Å². The molecule has 1 aliphatic heterocycles. The summed E-state index contributed by atoms with van der Waals surface area (Å²) in [6.45, 7) is 1.24. The molecule has 2 aromatic carbocycles. The average molecular weight is 648 g/mol. The number of methoxy groups -OCH3 is 1. The summed E-state index contributed by atoms with van der Waals surface area (Å²) in [5.74, 6) is -2.51. The molecule has 9 heteroatoms. The van der Waals surface area contributed by atoms with E-state index in [-0.39, 0.29) is 30.6 Å². The quantitative estimate of drug-likeness (QED) is 0.174. The lowest BCUT2D eigenvalue weighted by atomic mass is 9.68. The number of carbonyl (C=O) groups excluding carboxylic acids is 2. The summed E-state index contributed by atoms with van der Waals surface area (Å²) in [6, 6.07) is 12.3. The zero-order valence-corrected chi connectivity index (χ0v) is 24.2. The molecule has 0 radical (unpaired) electrons. The summed E-state index contributed by atoms with van der Waals surface area (Å²) in [6.07, 6.45) is 2.75. The number of allylic oxidation sites excluding steroid dienone is 1. The Kier molecular flexibility index (Phi) is 9.47. The van der Waals surface area contributed by atoms with Crippen LogP contribution in [0, 0.1) is 21.3 Å². The van der Waals surface area contributed by atoms with Gasteiger partial charge in [0, 0.05) is 5.92 Å². The van der Waals surface area contributed by atoms with Gasteiger partial charge >= 0.3 is 0 Å². The molecular weight excluding hydrogens is 613 g/mol. The maximum absolute atomic E-state index is 13.5. The predicted octanol–water partition coefficient (Wildman–Crippen LogP) is 4.05. The van der Waals surface area contributed by atoms with Crippen molar-refractivity contribution in [3.8, 4) is 11.5 Å². The van der Waals surface area contributed by atoms with Crippen LogP contribution in [0.2, 0.25) is 0 Å². The van der Waals surface area contributed by atoms with Crippen molar-refractivity contribution < 1.29 is 34.8 Å². The number of aliphatic hydroxyl groups excluding tert-OH is 3. The van der Waals surface area contributed by atoms with Crippen LogP contribution in [0.1, 0.15) is 38.2 Å². The minimum atomic E-state index is -0.997. The van der Waals surface area contributed by atoms with Crippen molar-refractivity contribution >= 4 is 46.2 Å². The highest BCUT2D eigenvalue weighted by atomic mass is 127. The van der Waals surface area contributed by atoms with Crippen molar-refractivity contribution in [2.45, 2.75) is 38.7 Å². The summed E-state index contributed by atoms with van der Waals surface area (Å²) in [7, 11) is 1.50. The smallest absolute Gasteiger partial charge is 0.238 e. The Hall–Kier alpha value is -2.73. The number of aromatic hydroxyl groups is 1. The third kappa shape index (κ3) is 5.77. The van der Waals surface area contributed by atoms with E-state index in [0.29, 0.717) is 39.0 Å². The molecule has 2 amide bonds. The fraction of sp³-hybridized carbons (Fsp3) is 0.400. The zero-order valence-electron chi connectivity index (χ0n) is 22.0.